The molecule has 1 aromatic carbocycles. The standard InChI is InChI=1S/C12H16BrNO2/c13-11-1-2-12(10(5-11)6-14)16-8-9-3-4-15-7-9/h1-2,5,9H,3-4,6-8,14H2. The van der Waals surface area contributed by atoms with Crippen molar-refractivity contribution in [3.63, 3.8) is 0 Å². The fourth-order valence-corrected chi connectivity index (χ4v) is 2.18. The van der Waals surface area contributed by atoms with E-state index in [1.165, 1.54) is 0 Å². The van der Waals surface area contributed by atoms with Gasteiger partial charge in [0.25, 0.3) is 0 Å². The van der Waals surface area contributed by atoms with Gasteiger partial charge in [0.05, 0.1) is 13.2 Å². The predicted molar refractivity (Wildman–Crippen MR) is 66.5 cm³/mol. The van der Waals surface area contributed by atoms with Gasteiger partial charge in [0, 0.05) is 29.1 Å². The van der Waals surface area contributed by atoms with Crippen molar-refractivity contribution in [3.05, 3.63) is 28.2 Å². The second kappa shape index (κ2) is 5.66. The molecule has 1 saturated heterocycles. The molecule has 0 spiro atoms. The Morgan fingerprint density at radius 2 is 2.38 bits per heavy atom. The van der Waals surface area contributed by atoms with Gasteiger partial charge in [0.1, 0.15) is 5.75 Å². The number of halogens is 1. The molecule has 0 amide bonds. The smallest absolute Gasteiger partial charge is 0.123 e. The molecule has 4 heteroatoms. The molecule has 0 bridgehead atoms. The Morgan fingerprint density at radius 1 is 1.50 bits per heavy atom. The van der Waals surface area contributed by atoms with Gasteiger partial charge in [-0.05, 0) is 24.6 Å². The average molecular weight is 286 g/mol. The van der Waals surface area contributed by atoms with Crippen LogP contribution in [0.5, 0.6) is 5.75 Å². The molecule has 2 rings (SSSR count). The van der Waals surface area contributed by atoms with E-state index in [-0.39, 0.29) is 0 Å². The van der Waals surface area contributed by atoms with E-state index in [0.29, 0.717) is 19.1 Å². The number of nitrogens with two attached hydrogens (primary N) is 1. The molecule has 1 heterocycles. The van der Waals surface area contributed by atoms with Gasteiger partial charge in [0.15, 0.2) is 0 Å². The highest BCUT2D eigenvalue weighted by Crippen LogP contribution is 2.24. The van der Waals surface area contributed by atoms with Gasteiger partial charge in [-0.15, -0.1) is 0 Å². The van der Waals surface area contributed by atoms with E-state index in [4.69, 9.17) is 15.2 Å². The molecule has 0 saturated carbocycles. The molecule has 88 valence electrons. The van der Waals surface area contributed by atoms with E-state index in [2.05, 4.69) is 15.9 Å². The first-order valence-electron chi connectivity index (χ1n) is 5.48. The van der Waals surface area contributed by atoms with Gasteiger partial charge >= 0.3 is 0 Å². The number of benzene rings is 1. The minimum atomic E-state index is 0.496. The third-order valence-electron chi connectivity index (χ3n) is 2.74. The van der Waals surface area contributed by atoms with Gasteiger partial charge in [-0.25, -0.2) is 0 Å². The molecular weight excluding hydrogens is 270 g/mol. The second-order valence-corrected chi connectivity index (χ2v) is 4.91. The van der Waals surface area contributed by atoms with E-state index in [0.717, 1.165) is 35.4 Å². The van der Waals surface area contributed by atoms with E-state index in [1.54, 1.807) is 0 Å². The lowest BCUT2D eigenvalue weighted by molar-refractivity contribution is 0.166. The molecule has 1 atom stereocenters. The molecule has 1 unspecified atom stereocenters. The normalized spacial score (nSPS) is 20.0. The summed E-state index contributed by atoms with van der Waals surface area (Å²) in [7, 11) is 0. The summed E-state index contributed by atoms with van der Waals surface area (Å²) in [6.45, 7) is 2.89. The molecule has 3 nitrogen and oxygen atoms in total. The van der Waals surface area contributed by atoms with Crippen molar-refractivity contribution in [3.8, 4) is 5.75 Å². The van der Waals surface area contributed by atoms with Crippen LogP contribution in [0.25, 0.3) is 0 Å². The zero-order valence-corrected chi connectivity index (χ0v) is 10.7. The lowest BCUT2D eigenvalue weighted by Gasteiger charge is -2.13. The molecule has 1 aliphatic heterocycles. The molecule has 2 N–H and O–H groups in total. The number of hydrogen-bond acceptors (Lipinski definition) is 3. The maximum atomic E-state index is 5.79. The summed E-state index contributed by atoms with van der Waals surface area (Å²) < 4.78 is 12.1. The van der Waals surface area contributed by atoms with Crippen LogP contribution in [-0.2, 0) is 11.3 Å². The first kappa shape index (κ1) is 11.9. The molecule has 1 aliphatic rings. The number of hydrogen-bond donors (Lipinski definition) is 1. The van der Waals surface area contributed by atoms with Crippen molar-refractivity contribution in [2.45, 2.75) is 13.0 Å². The van der Waals surface area contributed by atoms with E-state index in [9.17, 15) is 0 Å². The SMILES string of the molecule is NCc1cc(Br)ccc1OCC1CCOC1. The minimum absolute atomic E-state index is 0.496. The summed E-state index contributed by atoms with van der Waals surface area (Å²) in [5, 5.41) is 0. The summed E-state index contributed by atoms with van der Waals surface area (Å²) in [4.78, 5) is 0. The third-order valence-corrected chi connectivity index (χ3v) is 3.23. The van der Waals surface area contributed by atoms with Crippen LogP contribution < -0.4 is 10.5 Å². The van der Waals surface area contributed by atoms with Gasteiger partial charge in [-0.1, -0.05) is 15.9 Å². The van der Waals surface area contributed by atoms with Crippen LogP contribution in [0, 0.1) is 5.92 Å². The average Bonchev–Trinajstić information content (AvgIpc) is 2.80. The van der Waals surface area contributed by atoms with E-state index in [1.807, 2.05) is 18.2 Å². The zero-order chi connectivity index (χ0) is 11.4. The van der Waals surface area contributed by atoms with Crippen LogP contribution in [0.4, 0.5) is 0 Å². The quantitative estimate of drug-likeness (QED) is 0.924. The van der Waals surface area contributed by atoms with Crippen molar-refractivity contribution in [2.75, 3.05) is 19.8 Å². The predicted octanol–water partition coefficient (Wildman–Crippen LogP) is 2.32. The summed E-state index contributed by atoms with van der Waals surface area (Å²) in [5.41, 5.74) is 6.71. The van der Waals surface area contributed by atoms with Crippen LogP contribution in [0.2, 0.25) is 0 Å². The summed E-state index contributed by atoms with van der Waals surface area (Å²) in [5.74, 6) is 1.41. The molecule has 0 aromatic heterocycles. The van der Waals surface area contributed by atoms with Gasteiger partial charge in [0.2, 0.25) is 0 Å². The fraction of sp³-hybridized carbons (Fsp3) is 0.500. The highest BCUT2D eigenvalue weighted by molar-refractivity contribution is 9.10. The van der Waals surface area contributed by atoms with E-state index >= 15 is 0 Å². The highest BCUT2D eigenvalue weighted by Gasteiger charge is 2.16. The zero-order valence-electron chi connectivity index (χ0n) is 9.12. The Kier molecular flexibility index (Phi) is 4.21. The Bertz CT molecular complexity index is 351. The maximum absolute atomic E-state index is 5.79. The van der Waals surface area contributed by atoms with E-state index < -0.39 is 0 Å². The van der Waals surface area contributed by atoms with Crippen molar-refractivity contribution >= 4 is 15.9 Å². The Labute approximate surface area is 104 Å². The van der Waals surface area contributed by atoms with Crippen molar-refractivity contribution in [1.82, 2.24) is 0 Å². The maximum Gasteiger partial charge on any atom is 0.123 e. The minimum Gasteiger partial charge on any atom is -0.493 e. The lowest BCUT2D eigenvalue weighted by Crippen LogP contribution is -2.13. The largest absolute Gasteiger partial charge is 0.493 e. The lowest BCUT2D eigenvalue weighted by atomic mass is 10.1. The fourth-order valence-electron chi connectivity index (χ4n) is 1.77. The number of ether oxygens (including phenoxy) is 2. The Morgan fingerprint density at radius 3 is 3.06 bits per heavy atom. The molecule has 1 fully saturated rings. The summed E-state index contributed by atoms with van der Waals surface area (Å²) in [6.07, 6.45) is 1.09. The van der Waals surface area contributed by atoms with Crippen LogP contribution in [0.3, 0.4) is 0 Å². The van der Waals surface area contributed by atoms with Crippen molar-refractivity contribution < 1.29 is 9.47 Å². The van der Waals surface area contributed by atoms with Crippen LogP contribution in [0.1, 0.15) is 12.0 Å². The Hall–Kier alpha value is -0.580. The second-order valence-electron chi connectivity index (χ2n) is 4.00. The van der Waals surface area contributed by atoms with Crippen molar-refractivity contribution in [1.29, 1.82) is 0 Å². The van der Waals surface area contributed by atoms with Crippen LogP contribution >= 0.6 is 15.9 Å². The topological polar surface area (TPSA) is 44.5 Å². The van der Waals surface area contributed by atoms with Gasteiger partial charge in [-0.3, -0.25) is 0 Å². The van der Waals surface area contributed by atoms with Crippen LogP contribution in [0.15, 0.2) is 22.7 Å². The molecule has 1 aromatic rings. The first-order valence-corrected chi connectivity index (χ1v) is 6.28. The summed E-state index contributed by atoms with van der Waals surface area (Å²) in [6, 6.07) is 5.93. The van der Waals surface area contributed by atoms with Crippen LogP contribution in [-0.4, -0.2) is 19.8 Å². The first-order chi connectivity index (χ1) is 7.79. The summed E-state index contributed by atoms with van der Waals surface area (Å²) >= 11 is 3.42. The molecule has 0 radical (unpaired) electrons. The molecule has 16 heavy (non-hydrogen) atoms. The van der Waals surface area contributed by atoms with Gasteiger partial charge < -0.3 is 15.2 Å². The third kappa shape index (κ3) is 2.97. The highest BCUT2D eigenvalue weighted by atomic mass is 79.9. The van der Waals surface area contributed by atoms with Crippen molar-refractivity contribution in [2.24, 2.45) is 11.7 Å². The monoisotopic (exact) mass is 285 g/mol. The Balaban J connectivity index is 1.97. The molecular formula is C12H16BrNO2. The number of rotatable bonds is 4. The molecule has 0 aliphatic carbocycles. The van der Waals surface area contributed by atoms with Gasteiger partial charge in [-0.2, -0.15) is 0 Å².